The fourth-order valence-corrected chi connectivity index (χ4v) is 2.89. The van der Waals surface area contributed by atoms with Gasteiger partial charge in [-0.1, -0.05) is 0 Å². The van der Waals surface area contributed by atoms with E-state index < -0.39 is 9.84 Å². The van der Waals surface area contributed by atoms with Crippen molar-refractivity contribution in [3.8, 4) is 0 Å². The lowest BCUT2D eigenvalue weighted by atomic mass is 10.2. The Hall–Kier alpha value is -0.810. The van der Waals surface area contributed by atoms with Crippen molar-refractivity contribution in [3.63, 3.8) is 0 Å². The van der Waals surface area contributed by atoms with Crippen LogP contribution in [-0.4, -0.2) is 31.5 Å². The minimum atomic E-state index is -2.83. The maximum absolute atomic E-state index is 11.0. The van der Waals surface area contributed by atoms with Gasteiger partial charge in [-0.3, -0.25) is 0 Å². The van der Waals surface area contributed by atoms with E-state index in [1.807, 2.05) is 0 Å². The summed E-state index contributed by atoms with van der Waals surface area (Å²) in [5.41, 5.74) is 3.88. The molecule has 0 radical (unpaired) electrons. The van der Waals surface area contributed by atoms with Crippen molar-refractivity contribution in [1.82, 2.24) is 9.88 Å². The van der Waals surface area contributed by atoms with Gasteiger partial charge in [-0.25, -0.2) is 8.42 Å². The Kier molecular flexibility index (Phi) is 5.41. The minimum Gasteiger partial charge on any atom is -0.349 e. The smallest absolute Gasteiger partial charge is 0.147 e. The molecule has 0 unspecified atom stereocenters. The van der Waals surface area contributed by atoms with E-state index in [1.54, 1.807) is 0 Å². The maximum Gasteiger partial charge on any atom is 0.147 e. The molecule has 0 aliphatic rings. The lowest BCUT2D eigenvalue weighted by Gasteiger charge is -2.07. The summed E-state index contributed by atoms with van der Waals surface area (Å²) in [7, 11) is -2.83. The first-order valence-corrected chi connectivity index (χ1v) is 8.45. The van der Waals surface area contributed by atoms with Gasteiger partial charge >= 0.3 is 0 Å². The highest BCUT2D eigenvalue weighted by molar-refractivity contribution is 7.90. The third-order valence-electron chi connectivity index (χ3n) is 3.18. The van der Waals surface area contributed by atoms with Crippen molar-refractivity contribution in [2.24, 2.45) is 0 Å². The molecule has 0 aliphatic carbocycles. The van der Waals surface area contributed by atoms with E-state index in [0.29, 0.717) is 6.42 Å². The molecular formula is C13H24N2O2S. The Bertz CT molecular complexity index is 489. The van der Waals surface area contributed by atoms with Crippen LogP contribution in [0.1, 0.15) is 30.3 Å². The second kappa shape index (κ2) is 6.38. The maximum atomic E-state index is 11.0. The molecule has 5 heteroatoms. The van der Waals surface area contributed by atoms with Crippen LogP contribution in [0.2, 0.25) is 0 Å². The number of sulfone groups is 1. The van der Waals surface area contributed by atoms with Gasteiger partial charge in [-0.2, -0.15) is 0 Å². The van der Waals surface area contributed by atoms with Gasteiger partial charge in [0.1, 0.15) is 9.84 Å². The van der Waals surface area contributed by atoms with Crippen LogP contribution in [0.5, 0.6) is 0 Å². The van der Waals surface area contributed by atoms with Gasteiger partial charge in [-0.05, 0) is 45.4 Å². The average molecular weight is 272 g/mol. The molecule has 18 heavy (non-hydrogen) atoms. The van der Waals surface area contributed by atoms with Crippen LogP contribution in [0, 0.1) is 13.8 Å². The summed E-state index contributed by atoms with van der Waals surface area (Å²) in [6.07, 6.45) is 1.95. The molecule has 0 aromatic carbocycles. The molecular weight excluding hydrogens is 248 g/mol. The van der Waals surface area contributed by atoms with E-state index in [-0.39, 0.29) is 5.75 Å². The van der Waals surface area contributed by atoms with Crippen LogP contribution in [0.3, 0.4) is 0 Å². The lowest BCUT2D eigenvalue weighted by Crippen LogP contribution is -2.18. The van der Waals surface area contributed by atoms with E-state index in [1.165, 1.54) is 23.2 Å². The van der Waals surface area contributed by atoms with Gasteiger partial charge in [-0.15, -0.1) is 0 Å². The van der Waals surface area contributed by atoms with Gasteiger partial charge in [0, 0.05) is 30.7 Å². The van der Waals surface area contributed by atoms with Gasteiger partial charge < -0.3 is 9.88 Å². The van der Waals surface area contributed by atoms with Crippen molar-refractivity contribution in [1.29, 1.82) is 0 Å². The number of aryl methyl sites for hydroxylation is 1. The van der Waals surface area contributed by atoms with E-state index in [4.69, 9.17) is 0 Å². The molecule has 0 aliphatic heterocycles. The molecule has 0 saturated carbocycles. The predicted octanol–water partition coefficient (Wildman–Crippen LogP) is 1.65. The second-order valence-corrected chi connectivity index (χ2v) is 7.06. The fourth-order valence-electron chi connectivity index (χ4n) is 2.22. The number of hydrogen-bond donors (Lipinski definition) is 1. The molecule has 4 nitrogen and oxygen atoms in total. The van der Waals surface area contributed by atoms with Gasteiger partial charge in [0.25, 0.3) is 0 Å². The minimum absolute atomic E-state index is 0.258. The summed E-state index contributed by atoms with van der Waals surface area (Å²) in [6.45, 7) is 8.93. The first-order chi connectivity index (χ1) is 8.35. The molecule has 0 amide bonds. The van der Waals surface area contributed by atoms with E-state index in [9.17, 15) is 8.42 Å². The molecule has 0 atom stereocenters. The molecule has 0 saturated heterocycles. The van der Waals surface area contributed by atoms with E-state index in [2.05, 4.69) is 36.7 Å². The van der Waals surface area contributed by atoms with Crippen molar-refractivity contribution in [2.75, 3.05) is 18.6 Å². The zero-order valence-electron chi connectivity index (χ0n) is 11.8. The number of nitrogens with one attached hydrogen (secondary N) is 1. The summed E-state index contributed by atoms with van der Waals surface area (Å²) in [6, 6.07) is 2.20. The van der Waals surface area contributed by atoms with Crippen LogP contribution < -0.4 is 5.32 Å². The average Bonchev–Trinajstić information content (AvgIpc) is 2.52. The standard InChI is InChI=1S/C13H24N2O2S/c1-5-15-11(2)9-13(12(15)3)10-14-7-6-8-18(4,16)17/h9,14H,5-8,10H2,1-4H3. The number of hydrogen-bond acceptors (Lipinski definition) is 3. The molecule has 0 spiro atoms. The first-order valence-electron chi connectivity index (χ1n) is 6.39. The highest BCUT2D eigenvalue weighted by Gasteiger charge is 2.07. The lowest BCUT2D eigenvalue weighted by molar-refractivity contribution is 0.594. The van der Waals surface area contributed by atoms with Crippen LogP contribution in [0.4, 0.5) is 0 Å². The SMILES string of the molecule is CCn1c(C)cc(CNCCCS(C)(=O)=O)c1C. The Morgan fingerprint density at radius 1 is 1.33 bits per heavy atom. The monoisotopic (exact) mass is 272 g/mol. The predicted molar refractivity (Wildman–Crippen MR) is 75.6 cm³/mol. The number of aromatic nitrogens is 1. The van der Waals surface area contributed by atoms with Crippen molar-refractivity contribution in [2.45, 2.75) is 40.3 Å². The van der Waals surface area contributed by atoms with Crippen LogP contribution in [0.25, 0.3) is 0 Å². The second-order valence-electron chi connectivity index (χ2n) is 4.80. The summed E-state index contributed by atoms with van der Waals surface area (Å²) >= 11 is 0. The molecule has 0 bridgehead atoms. The molecule has 1 N–H and O–H groups in total. The third-order valence-corrected chi connectivity index (χ3v) is 4.21. The Labute approximate surface area is 110 Å². The Morgan fingerprint density at radius 2 is 2.00 bits per heavy atom. The topological polar surface area (TPSA) is 51.1 Å². The number of rotatable bonds is 7. The highest BCUT2D eigenvalue weighted by Crippen LogP contribution is 2.14. The Morgan fingerprint density at radius 3 is 2.50 bits per heavy atom. The van der Waals surface area contributed by atoms with Crippen molar-refractivity contribution < 1.29 is 8.42 Å². The zero-order chi connectivity index (χ0) is 13.8. The van der Waals surface area contributed by atoms with Crippen molar-refractivity contribution in [3.05, 3.63) is 23.0 Å². The summed E-state index contributed by atoms with van der Waals surface area (Å²) in [5, 5.41) is 3.30. The molecule has 1 heterocycles. The third kappa shape index (κ3) is 4.46. The van der Waals surface area contributed by atoms with E-state index >= 15 is 0 Å². The zero-order valence-corrected chi connectivity index (χ0v) is 12.6. The van der Waals surface area contributed by atoms with E-state index in [0.717, 1.165) is 19.6 Å². The quantitative estimate of drug-likeness (QED) is 0.768. The summed E-state index contributed by atoms with van der Waals surface area (Å²) in [4.78, 5) is 0. The number of nitrogens with zero attached hydrogens (tertiary/aromatic N) is 1. The molecule has 1 aromatic rings. The molecule has 1 rings (SSSR count). The van der Waals surface area contributed by atoms with Gasteiger partial charge in [0.15, 0.2) is 0 Å². The largest absolute Gasteiger partial charge is 0.349 e. The van der Waals surface area contributed by atoms with Gasteiger partial charge in [0.2, 0.25) is 0 Å². The first kappa shape index (κ1) is 15.2. The summed E-state index contributed by atoms with van der Waals surface area (Å²) < 4.78 is 24.2. The molecule has 0 fully saturated rings. The molecule has 104 valence electrons. The van der Waals surface area contributed by atoms with Crippen LogP contribution in [-0.2, 0) is 22.9 Å². The molecule has 1 aromatic heterocycles. The highest BCUT2D eigenvalue weighted by atomic mass is 32.2. The Balaban J connectivity index is 2.41. The summed E-state index contributed by atoms with van der Waals surface area (Å²) in [5.74, 6) is 0.258. The van der Waals surface area contributed by atoms with Crippen LogP contribution >= 0.6 is 0 Å². The van der Waals surface area contributed by atoms with Crippen LogP contribution in [0.15, 0.2) is 6.07 Å². The fraction of sp³-hybridized carbons (Fsp3) is 0.692. The van der Waals surface area contributed by atoms with Gasteiger partial charge in [0.05, 0.1) is 5.75 Å². The normalized spacial score (nSPS) is 12.0. The van der Waals surface area contributed by atoms with Crippen molar-refractivity contribution >= 4 is 9.84 Å².